The summed E-state index contributed by atoms with van der Waals surface area (Å²) in [5.41, 5.74) is 3.03. The molecule has 2 atom stereocenters. The molecule has 7 heteroatoms. The Balaban J connectivity index is 2.56. The van der Waals surface area contributed by atoms with Crippen molar-refractivity contribution in [3.8, 4) is 0 Å². The van der Waals surface area contributed by atoms with E-state index in [-0.39, 0.29) is 5.92 Å². The van der Waals surface area contributed by atoms with Gasteiger partial charge in [-0.05, 0) is 58.6 Å². The van der Waals surface area contributed by atoms with Gasteiger partial charge in [0.25, 0.3) is 5.91 Å². The number of esters is 2. The van der Waals surface area contributed by atoms with Gasteiger partial charge in [-0.2, -0.15) is 0 Å². The molecule has 180 valence electrons. The third-order valence-corrected chi connectivity index (χ3v) is 5.52. The molecule has 1 aromatic rings. The van der Waals surface area contributed by atoms with Crippen molar-refractivity contribution in [3.05, 3.63) is 57.9 Å². The van der Waals surface area contributed by atoms with Crippen molar-refractivity contribution in [2.24, 2.45) is 5.92 Å². The molecule has 0 saturated heterocycles. The van der Waals surface area contributed by atoms with Crippen LogP contribution in [0.25, 0.3) is 0 Å². The van der Waals surface area contributed by atoms with Crippen LogP contribution in [0.5, 0.6) is 0 Å². The maximum Gasteiger partial charge on any atom is 0.336 e. The van der Waals surface area contributed by atoms with Gasteiger partial charge in [0.05, 0.1) is 18.6 Å². The number of methoxy groups -OCH3 is 1. The van der Waals surface area contributed by atoms with E-state index in [4.69, 9.17) is 9.47 Å². The predicted octanol–water partition coefficient (Wildman–Crippen LogP) is 3.89. The van der Waals surface area contributed by atoms with Gasteiger partial charge in [-0.15, -0.1) is 0 Å². The lowest BCUT2D eigenvalue weighted by molar-refractivity contribution is -0.159. The van der Waals surface area contributed by atoms with Gasteiger partial charge in [-0.3, -0.25) is 4.79 Å². The van der Waals surface area contributed by atoms with Gasteiger partial charge in [-0.1, -0.05) is 38.1 Å². The molecule has 1 aliphatic rings. The Morgan fingerprint density at radius 3 is 2.09 bits per heavy atom. The van der Waals surface area contributed by atoms with E-state index in [1.54, 1.807) is 34.6 Å². The molecule has 33 heavy (non-hydrogen) atoms. The second-order valence-electron chi connectivity index (χ2n) is 9.71. The van der Waals surface area contributed by atoms with E-state index >= 15 is 0 Å². The maximum atomic E-state index is 13.7. The maximum absolute atomic E-state index is 13.7. The van der Waals surface area contributed by atoms with E-state index < -0.39 is 35.4 Å². The topological polar surface area (TPSA) is 93.7 Å². The Morgan fingerprint density at radius 1 is 1.00 bits per heavy atom. The van der Waals surface area contributed by atoms with Crippen LogP contribution in [0.3, 0.4) is 0 Å². The van der Waals surface area contributed by atoms with Gasteiger partial charge in [0, 0.05) is 17.0 Å². The smallest absolute Gasteiger partial charge is 0.336 e. The van der Waals surface area contributed by atoms with Crippen LogP contribution in [0.2, 0.25) is 0 Å². The van der Waals surface area contributed by atoms with Crippen molar-refractivity contribution >= 4 is 17.8 Å². The first-order chi connectivity index (χ1) is 15.3. The number of allylic oxidation sites excluding steroid dienone is 2. The first kappa shape index (κ1) is 26.2. The van der Waals surface area contributed by atoms with Gasteiger partial charge in [0.15, 0.2) is 0 Å². The third kappa shape index (κ3) is 6.03. The summed E-state index contributed by atoms with van der Waals surface area (Å²) in [7, 11) is 1.32. The van der Waals surface area contributed by atoms with Crippen LogP contribution in [0, 0.1) is 12.8 Å². The molecule has 2 rings (SSSR count). The number of benzene rings is 1. The highest BCUT2D eigenvalue weighted by Crippen LogP contribution is 2.40. The minimum absolute atomic E-state index is 0.199. The van der Waals surface area contributed by atoms with Crippen LogP contribution in [0.4, 0.5) is 0 Å². The van der Waals surface area contributed by atoms with Crippen LogP contribution in [-0.2, 0) is 23.9 Å². The molecule has 0 spiro atoms. The lowest BCUT2D eigenvalue weighted by atomic mass is 9.78. The summed E-state index contributed by atoms with van der Waals surface area (Å²) in [5, 5.41) is 6.01. The van der Waals surface area contributed by atoms with Gasteiger partial charge in [-0.25, -0.2) is 9.59 Å². The number of carbonyl (C=O) groups is 3. The second-order valence-corrected chi connectivity index (χ2v) is 9.71. The molecule has 0 bridgehead atoms. The van der Waals surface area contributed by atoms with Gasteiger partial charge < -0.3 is 20.1 Å². The number of hydrogen-bond donors (Lipinski definition) is 2. The number of carbonyl (C=O) groups excluding carboxylic acids is 3. The number of amides is 1. The van der Waals surface area contributed by atoms with Crippen molar-refractivity contribution < 1.29 is 23.9 Å². The fourth-order valence-corrected chi connectivity index (χ4v) is 3.98. The lowest BCUT2D eigenvalue weighted by Crippen LogP contribution is -2.49. The van der Waals surface area contributed by atoms with Gasteiger partial charge >= 0.3 is 11.9 Å². The zero-order valence-electron chi connectivity index (χ0n) is 21.1. The van der Waals surface area contributed by atoms with Crippen molar-refractivity contribution in [2.75, 3.05) is 7.11 Å². The minimum atomic E-state index is -0.844. The summed E-state index contributed by atoms with van der Waals surface area (Å²) < 4.78 is 10.6. The lowest BCUT2D eigenvalue weighted by Gasteiger charge is -2.33. The molecule has 2 unspecified atom stereocenters. The molecule has 1 amide bonds. The number of dihydropyridines is 1. The highest BCUT2D eigenvalue weighted by Gasteiger charge is 2.39. The van der Waals surface area contributed by atoms with Gasteiger partial charge in [0.1, 0.15) is 11.6 Å². The highest BCUT2D eigenvalue weighted by atomic mass is 16.6. The van der Waals surface area contributed by atoms with Crippen molar-refractivity contribution in [2.45, 2.75) is 73.0 Å². The number of nitrogens with one attached hydrogen (secondary N) is 2. The molecule has 7 nitrogen and oxygen atoms in total. The van der Waals surface area contributed by atoms with E-state index in [0.717, 1.165) is 11.1 Å². The standard InChI is InChI=1S/C26H36N2O5/c1-14(2)22(25(31)33-26(6,7)8)28-23(29)19-16(4)27-17(5)20(24(30)32-9)21(19)18-13-11-10-12-15(18)3/h10-14,21-22,27H,1-9H3,(H,28,29). The summed E-state index contributed by atoms with van der Waals surface area (Å²) in [6, 6.07) is 6.77. The minimum Gasteiger partial charge on any atom is -0.466 e. The molecule has 0 radical (unpaired) electrons. The Hall–Kier alpha value is -3.09. The van der Waals surface area contributed by atoms with E-state index in [1.807, 2.05) is 45.0 Å². The zero-order valence-corrected chi connectivity index (χ0v) is 21.1. The fourth-order valence-electron chi connectivity index (χ4n) is 3.98. The summed E-state index contributed by atoms with van der Waals surface area (Å²) in [5.74, 6) is -2.30. The zero-order chi connectivity index (χ0) is 25.1. The number of rotatable bonds is 6. The van der Waals surface area contributed by atoms with E-state index in [9.17, 15) is 14.4 Å². The third-order valence-electron chi connectivity index (χ3n) is 5.52. The molecule has 0 fully saturated rings. The molecular formula is C26H36N2O5. The Bertz CT molecular complexity index is 998. The summed E-state index contributed by atoms with van der Waals surface area (Å²) in [4.78, 5) is 39.3. The van der Waals surface area contributed by atoms with Crippen LogP contribution in [-0.4, -0.2) is 36.6 Å². The van der Waals surface area contributed by atoms with E-state index in [0.29, 0.717) is 22.5 Å². The molecular weight excluding hydrogens is 420 g/mol. The van der Waals surface area contributed by atoms with E-state index in [1.165, 1.54) is 7.11 Å². The molecule has 1 aliphatic heterocycles. The normalized spacial score (nSPS) is 17.5. The van der Waals surface area contributed by atoms with Crippen molar-refractivity contribution in [1.29, 1.82) is 0 Å². The summed E-state index contributed by atoms with van der Waals surface area (Å²) in [6.45, 7) is 14.5. The molecule has 1 aromatic carbocycles. The second kappa shape index (κ2) is 10.2. The largest absolute Gasteiger partial charge is 0.466 e. The molecule has 0 saturated carbocycles. The summed E-state index contributed by atoms with van der Waals surface area (Å²) in [6.07, 6.45) is 0. The highest BCUT2D eigenvalue weighted by molar-refractivity contribution is 6.03. The Labute approximate surface area is 196 Å². The van der Waals surface area contributed by atoms with Crippen LogP contribution in [0.15, 0.2) is 46.8 Å². The Kier molecular flexibility index (Phi) is 8.11. The molecule has 1 heterocycles. The predicted molar refractivity (Wildman–Crippen MR) is 127 cm³/mol. The molecule has 0 aromatic heterocycles. The average molecular weight is 457 g/mol. The first-order valence-corrected chi connectivity index (χ1v) is 11.1. The number of hydrogen-bond acceptors (Lipinski definition) is 6. The SMILES string of the molecule is COC(=O)C1=C(C)NC(C)=C(C(=O)NC(C(=O)OC(C)(C)C)C(C)C)C1c1ccccc1C. The van der Waals surface area contributed by atoms with Crippen LogP contribution >= 0.6 is 0 Å². The Morgan fingerprint density at radius 2 is 1.58 bits per heavy atom. The monoisotopic (exact) mass is 456 g/mol. The van der Waals surface area contributed by atoms with Gasteiger partial charge in [0.2, 0.25) is 0 Å². The van der Waals surface area contributed by atoms with Crippen LogP contribution < -0.4 is 10.6 Å². The van der Waals surface area contributed by atoms with Crippen LogP contribution in [0.1, 0.15) is 65.5 Å². The summed E-state index contributed by atoms with van der Waals surface area (Å²) >= 11 is 0. The van der Waals surface area contributed by atoms with E-state index in [2.05, 4.69) is 10.6 Å². The quantitative estimate of drug-likeness (QED) is 0.631. The first-order valence-electron chi connectivity index (χ1n) is 11.1. The average Bonchev–Trinajstić information content (AvgIpc) is 2.69. The molecule has 0 aliphatic carbocycles. The van der Waals surface area contributed by atoms with Crippen molar-refractivity contribution in [1.82, 2.24) is 10.6 Å². The van der Waals surface area contributed by atoms with Crippen molar-refractivity contribution in [3.63, 3.8) is 0 Å². The number of aryl methyl sites for hydroxylation is 1. The number of ether oxygens (including phenoxy) is 2. The molecule has 2 N–H and O–H groups in total. The fraction of sp³-hybridized carbons (Fsp3) is 0.500.